The molecule has 3 aromatic rings. The van der Waals surface area contributed by atoms with Crippen LogP contribution in [-0.2, 0) is 19.4 Å². The van der Waals surface area contributed by atoms with Gasteiger partial charge >= 0.3 is 0 Å². The Hall–Kier alpha value is -2.99. The molecule has 5 rings (SSSR count). The number of carbonyl (C=O) groups excluding carboxylic acids is 2. The van der Waals surface area contributed by atoms with Crippen molar-refractivity contribution in [1.29, 1.82) is 0 Å². The number of hydrogen-bond acceptors (Lipinski definition) is 4. The number of anilines is 1. The normalized spacial score (nSPS) is 16.9. The summed E-state index contributed by atoms with van der Waals surface area (Å²) in [5, 5.41) is 0.309. The summed E-state index contributed by atoms with van der Waals surface area (Å²) in [6.07, 6.45) is 3.75. The number of nitrogens with zero attached hydrogens (tertiary/aromatic N) is 2. The number of Topliss-reactive ketones (excluding diaryl/α,β-unsaturated/α-hetero) is 1. The fourth-order valence-corrected chi connectivity index (χ4v) is 5.51. The van der Waals surface area contributed by atoms with Gasteiger partial charge in [-0.25, -0.2) is 0 Å². The van der Waals surface area contributed by atoms with Gasteiger partial charge in [0.05, 0.1) is 34.8 Å². The van der Waals surface area contributed by atoms with Gasteiger partial charge in [0.2, 0.25) is 5.91 Å². The van der Waals surface area contributed by atoms with E-state index < -0.39 is 5.91 Å². The highest BCUT2D eigenvalue weighted by atomic mass is 35.5. The average molecular weight is 452 g/mol. The molecule has 0 radical (unpaired) electrons. The summed E-state index contributed by atoms with van der Waals surface area (Å²) in [6.45, 7) is 7.56. The highest BCUT2D eigenvalue weighted by molar-refractivity contribution is 6.34. The van der Waals surface area contributed by atoms with Crippen LogP contribution in [0, 0.1) is 12.3 Å². The van der Waals surface area contributed by atoms with Gasteiger partial charge in [-0.05, 0) is 48.6 Å². The number of primary amides is 1. The molecule has 2 aliphatic rings. The largest absolute Gasteiger partial charge is 0.467 e. The molecule has 3 heterocycles. The van der Waals surface area contributed by atoms with Crippen LogP contribution < -0.4 is 10.6 Å². The van der Waals surface area contributed by atoms with Gasteiger partial charge in [-0.1, -0.05) is 25.4 Å². The quantitative estimate of drug-likeness (QED) is 0.617. The fraction of sp³-hybridized carbons (Fsp3) is 0.360. The Morgan fingerprint density at radius 2 is 2.00 bits per heavy atom. The number of hydrogen-bond donors (Lipinski definition) is 1. The van der Waals surface area contributed by atoms with Crippen molar-refractivity contribution in [2.75, 3.05) is 11.4 Å². The first-order chi connectivity index (χ1) is 15.2. The molecule has 1 aromatic carbocycles. The molecule has 0 bridgehead atoms. The third-order valence-corrected chi connectivity index (χ3v) is 6.97. The molecular weight excluding hydrogens is 426 g/mol. The average Bonchev–Trinajstić information content (AvgIpc) is 3.25. The Morgan fingerprint density at radius 1 is 1.22 bits per heavy atom. The molecule has 6 nitrogen and oxygen atoms in total. The third-order valence-electron chi connectivity index (χ3n) is 6.66. The summed E-state index contributed by atoms with van der Waals surface area (Å²) in [6, 6.07) is 7.38. The van der Waals surface area contributed by atoms with Crippen LogP contribution >= 0.6 is 11.6 Å². The summed E-state index contributed by atoms with van der Waals surface area (Å²) in [5.74, 6) is 0.457. The second kappa shape index (κ2) is 7.27. The second-order valence-electron chi connectivity index (χ2n) is 9.61. The Labute approximate surface area is 191 Å². The van der Waals surface area contributed by atoms with E-state index in [0.29, 0.717) is 24.5 Å². The molecule has 166 valence electrons. The van der Waals surface area contributed by atoms with Crippen LogP contribution in [0.4, 0.5) is 5.69 Å². The van der Waals surface area contributed by atoms with Crippen molar-refractivity contribution in [3.05, 3.63) is 69.4 Å². The predicted octanol–water partition coefficient (Wildman–Crippen LogP) is 4.85. The van der Waals surface area contributed by atoms with Crippen molar-refractivity contribution >= 4 is 29.0 Å². The maximum absolute atomic E-state index is 13.1. The number of nitrogens with two attached hydrogens (primary N) is 1. The number of aromatic nitrogens is 1. The van der Waals surface area contributed by atoms with E-state index in [1.54, 1.807) is 12.3 Å². The van der Waals surface area contributed by atoms with Crippen LogP contribution in [0.15, 0.2) is 34.9 Å². The minimum Gasteiger partial charge on any atom is -0.467 e. The lowest BCUT2D eigenvalue weighted by Gasteiger charge is -2.31. The van der Waals surface area contributed by atoms with E-state index in [4.69, 9.17) is 21.8 Å². The molecule has 0 atom stereocenters. The third kappa shape index (κ3) is 3.25. The molecule has 2 aromatic heterocycles. The van der Waals surface area contributed by atoms with Gasteiger partial charge in [-0.15, -0.1) is 0 Å². The fourth-order valence-electron chi connectivity index (χ4n) is 5.26. The Morgan fingerprint density at radius 3 is 2.69 bits per heavy atom. The van der Waals surface area contributed by atoms with Crippen LogP contribution in [-0.4, -0.2) is 22.8 Å². The smallest absolute Gasteiger partial charge is 0.250 e. The summed E-state index contributed by atoms with van der Waals surface area (Å²) < 4.78 is 7.80. The molecule has 0 saturated carbocycles. The Bertz CT molecular complexity index is 1250. The number of furan rings is 1. The van der Waals surface area contributed by atoms with Crippen LogP contribution in [0.1, 0.15) is 63.7 Å². The van der Waals surface area contributed by atoms with Crippen molar-refractivity contribution in [2.24, 2.45) is 11.1 Å². The van der Waals surface area contributed by atoms with Crippen LogP contribution in [0.5, 0.6) is 0 Å². The highest BCUT2D eigenvalue weighted by Gasteiger charge is 2.38. The maximum atomic E-state index is 13.1. The molecule has 0 fully saturated rings. The molecule has 1 aliphatic heterocycles. The number of halogens is 1. The van der Waals surface area contributed by atoms with Crippen molar-refractivity contribution < 1.29 is 14.0 Å². The number of rotatable bonds is 3. The molecule has 0 unspecified atom stereocenters. The molecule has 0 spiro atoms. The van der Waals surface area contributed by atoms with Crippen molar-refractivity contribution in [3.63, 3.8) is 0 Å². The van der Waals surface area contributed by atoms with Gasteiger partial charge in [0, 0.05) is 36.3 Å². The predicted molar refractivity (Wildman–Crippen MR) is 124 cm³/mol. The maximum Gasteiger partial charge on any atom is 0.250 e. The van der Waals surface area contributed by atoms with Crippen LogP contribution in [0.2, 0.25) is 5.02 Å². The standard InChI is InChI=1S/C25H26ClN3O3/c1-14-18-6-7-28(13-15-5-4-8-32-15)19-9-16(24(27)31)17(26)10-20(19)29(18)21-11-25(2,3)12-22(30)23(14)21/h4-5,8-10H,6-7,11-13H2,1-3H3,(H2,27,31). The van der Waals surface area contributed by atoms with E-state index in [0.717, 1.165) is 52.5 Å². The van der Waals surface area contributed by atoms with Gasteiger partial charge < -0.3 is 19.6 Å². The molecule has 0 saturated heterocycles. The molecule has 32 heavy (non-hydrogen) atoms. The summed E-state index contributed by atoms with van der Waals surface area (Å²) in [5.41, 5.74) is 11.5. The zero-order chi connectivity index (χ0) is 22.8. The molecule has 1 amide bonds. The monoisotopic (exact) mass is 451 g/mol. The molecule has 1 aliphatic carbocycles. The lowest BCUT2D eigenvalue weighted by molar-refractivity contribution is 0.0909. The van der Waals surface area contributed by atoms with E-state index in [1.165, 1.54) is 0 Å². The Balaban J connectivity index is 1.77. The summed E-state index contributed by atoms with van der Waals surface area (Å²) in [4.78, 5) is 27.4. The molecule has 7 heteroatoms. The van der Waals surface area contributed by atoms with Crippen LogP contribution in [0.3, 0.4) is 0 Å². The van der Waals surface area contributed by atoms with E-state index in [-0.39, 0.29) is 16.8 Å². The molecular formula is C25H26ClN3O3. The van der Waals surface area contributed by atoms with Gasteiger partial charge in [-0.2, -0.15) is 0 Å². The van der Waals surface area contributed by atoms with E-state index in [1.807, 2.05) is 25.1 Å². The summed E-state index contributed by atoms with van der Waals surface area (Å²) in [7, 11) is 0. The van der Waals surface area contributed by atoms with Gasteiger partial charge in [0.25, 0.3) is 0 Å². The minimum absolute atomic E-state index is 0.122. The SMILES string of the molecule is Cc1c2c(n3c1CCN(Cc1ccco1)c1cc(C(N)=O)c(Cl)cc1-3)CC(C)(C)CC2=O. The van der Waals surface area contributed by atoms with Gasteiger partial charge in [0.15, 0.2) is 5.78 Å². The van der Waals surface area contributed by atoms with Crippen molar-refractivity contribution in [3.8, 4) is 5.69 Å². The number of carbonyl (C=O) groups is 2. The lowest BCUT2D eigenvalue weighted by Crippen LogP contribution is -2.28. The number of benzene rings is 1. The topological polar surface area (TPSA) is 81.5 Å². The first-order valence-corrected chi connectivity index (χ1v) is 11.2. The van der Waals surface area contributed by atoms with Gasteiger partial charge in [-0.3, -0.25) is 9.59 Å². The lowest BCUT2D eigenvalue weighted by atomic mass is 9.75. The number of ketones is 1. The van der Waals surface area contributed by atoms with Gasteiger partial charge in [0.1, 0.15) is 5.76 Å². The number of amides is 1. The van der Waals surface area contributed by atoms with Crippen LogP contribution in [0.25, 0.3) is 5.69 Å². The first-order valence-electron chi connectivity index (χ1n) is 10.8. The zero-order valence-corrected chi connectivity index (χ0v) is 19.3. The second-order valence-corrected chi connectivity index (χ2v) is 10.0. The van der Waals surface area contributed by atoms with Crippen molar-refractivity contribution in [2.45, 2.75) is 46.6 Å². The minimum atomic E-state index is -0.567. The van der Waals surface area contributed by atoms with Crippen molar-refractivity contribution in [1.82, 2.24) is 4.57 Å². The van der Waals surface area contributed by atoms with E-state index in [9.17, 15) is 9.59 Å². The highest BCUT2D eigenvalue weighted by Crippen LogP contribution is 2.44. The molecule has 2 N–H and O–H groups in total. The summed E-state index contributed by atoms with van der Waals surface area (Å²) >= 11 is 6.52. The first kappa shape index (κ1) is 20.9. The zero-order valence-electron chi connectivity index (χ0n) is 18.5. The Kier molecular flexibility index (Phi) is 4.75. The van der Waals surface area contributed by atoms with E-state index >= 15 is 0 Å². The van der Waals surface area contributed by atoms with E-state index in [2.05, 4.69) is 23.3 Å². The number of fused-ring (bicyclic) bond motifs is 5.